The Morgan fingerprint density at radius 3 is 2.40 bits per heavy atom. The lowest BCUT2D eigenvalue weighted by Crippen LogP contribution is -2.21. The predicted octanol–water partition coefficient (Wildman–Crippen LogP) is 6.80. The smallest absolute Gasteiger partial charge is 0.139 e. The van der Waals surface area contributed by atoms with Gasteiger partial charge in [-0.25, -0.2) is 0 Å². The number of halogens is 3. The van der Waals surface area contributed by atoms with Gasteiger partial charge in [0.2, 0.25) is 0 Å². The van der Waals surface area contributed by atoms with Gasteiger partial charge in [0, 0.05) is 15.9 Å². The summed E-state index contributed by atoms with van der Waals surface area (Å²) in [5.74, 6) is 0.666. The fraction of sp³-hybridized carbons (Fsp3) is 0.625. The Kier molecular flexibility index (Phi) is 5.67. The predicted molar refractivity (Wildman–Crippen MR) is 90.5 cm³/mol. The quantitative estimate of drug-likeness (QED) is 0.511. The molecular weight excluding hydrogens is 359 g/mol. The second-order valence-electron chi connectivity index (χ2n) is 5.52. The van der Waals surface area contributed by atoms with Gasteiger partial charge in [-0.15, -0.1) is 0 Å². The normalized spacial score (nSPS) is 19.1. The molecule has 0 radical (unpaired) electrons. The van der Waals surface area contributed by atoms with Gasteiger partial charge >= 0.3 is 0 Å². The van der Waals surface area contributed by atoms with Gasteiger partial charge in [0.15, 0.2) is 0 Å². The largest absolute Gasteiger partial charge is 0.492 e. The van der Waals surface area contributed by atoms with Crippen LogP contribution in [0.1, 0.15) is 56.3 Å². The lowest BCUT2D eigenvalue weighted by Gasteiger charge is -2.34. The third-order valence-electron chi connectivity index (χ3n) is 4.47. The maximum atomic E-state index is 6.46. The minimum atomic E-state index is 0.253. The summed E-state index contributed by atoms with van der Waals surface area (Å²) in [6.07, 6.45) is 6.27. The van der Waals surface area contributed by atoms with Gasteiger partial charge in [0.25, 0.3) is 0 Å². The monoisotopic (exact) mass is 378 g/mol. The Morgan fingerprint density at radius 2 is 1.85 bits per heavy atom. The van der Waals surface area contributed by atoms with E-state index in [9.17, 15) is 0 Å². The van der Waals surface area contributed by atoms with E-state index in [-0.39, 0.29) is 4.83 Å². The summed E-state index contributed by atoms with van der Waals surface area (Å²) in [5.41, 5.74) is 1.39. The van der Waals surface area contributed by atoms with Crippen LogP contribution in [0.5, 0.6) is 5.75 Å². The van der Waals surface area contributed by atoms with Crippen molar-refractivity contribution in [3.63, 3.8) is 0 Å². The molecule has 2 rings (SSSR count). The first kappa shape index (κ1) is 16.5. The van der Waals surface area contributed by atoms with E-state index in [1.54, 1.807) is 0 Å². The number of alkyl halides is 1. The maximum absolute atomic E-state index is 6.46. The molecule has 0 aliphatic heterocycles. The van der Waals surface area contributed by atoms with Crippen molar-refractivity contribution >= 4 is 39.1 Å². The van der Waals surface area contributed by atoms with Crippen molar-refractivity contribution in [1.29, 1.82) is 0 Å². The van der Waals surface area contributed by atoms with Crippen molar-refractivity contribution < 1.29 is 4.74 Å². The van der Waals surface area contributed by atoms with E-state index in [1.807, 2.05) is 19.1 Å². The molecule has 1 aliphatic carbocycles. The highest BCUT2D eigenvalue weighted by Gasteiger charge is 2.40. The zero-order valence-electron chi connectivity index (χ0n) is 12.0. The summed E-state index contributed by atoms with van der Waals surface area (Å²) in [5, 5.41) is 1.37. The van der Waals surface area contributed by atoms with Crippen LogP contribution >= 0.6 is 39.1 Å². The topological polar surface area (TPSA) is 9.23 Å². The number of hydrogen-bond donors (Lipinski definition) is 0. The molecule has 0 bridgehead atoms. The second-order valence-corrected chi connectivity index (χ2v) is 7.25. The van der Waals surface area contributed by atoms with E-state index in [4.69, 9.17) is 27.9 Å². The molecule has 0 amide bonds. The zero-order chi connectivity index (χ0) is 14.8. The average molecular weight is 380 g/mol. The summed E-state index contributed by atoms with van der Waals surface area (Å²) in [6, 6.07) is 3.80. The molecule has 0 saturated heterocycles. The molecule has 0 N–H and O–H groups in total. The SMILES string of the molecule is CCOc1cc(Cl)c(C(Br)C2(CC)CCCC2)cc1Cl. The molecule has 20 heavy (non-hydrogen) atoms. The molecule has 112 valence electrons. The van der Waals surface area contributed by atoms with Crippen LogP contribution in [0.15, 0.2) is 12.1 Å². The van der Waals surface area contributed by atoms with E-state index >= 15 is 0 Å². The summed E-state index contributed by atoms with van der Waals surface area (Å²) < 4.78 is 5.50. The Labute approximate surface area is 140 Å². The standard InChI is InChI=1S/C16H21BrCl2O/c1-3-16(7-5-6-8-16)15(17)11-9-13(19)14(20-4-2)10-12(11)18/h9-10,15H,3-8H2,1-2H3. The third kappa shape index (κ3) is 3.13. The number of rotatable bonds is 5. The Morgan fingerprint density at radius 1 is 1.20 bits per heavy atom. The van der Waals surface area contributed by atoms with E-state index < -0.39 is 0 Å². The van der Waals surface area contributed by atoms with Crippen molar-refractivity contribution in [1.82, 2.24) is 0 Å². The molecule has 1 aromatic rings. The molecule has 1 saturated carbocycles. The first-order valence-corrected chi connectivity index (χ1v) is 8.97. The summed E-state index contributed by atoms with van der Waals surface area (Å²) in [4.78, 5) is 0.253. The summed E-state index contributed by atoms with van der Waals surface area (Å²) in [6.45, 7) is 4.80. The molecule has 0 aromatic heterocycles. The van der Waals surface area contributed by atoms with Crippen molar-refractivity contribution in [3.8, 4) is 5.75 Å². The molecule has 4 heteroatoms. The van der Waals surface area contributed by atoms with Gasteiger partial charge in [0.1, 0.15) is 5.75 Å². The summed E-state index contributed by atoms with van der Waals surface area (Å²) in [7, 11) is 0. The summed E-state index contributed by atoms with van der Waals surface area (Å²) >= 11 is 16.7. The number of benzene rings is 1. The van der Waals surface area contributed by atoms with Crippen LogP contribution in [-0.4, -0.2) is 6.61 Å². The van der Waals surface area contributed by atoms with Crippen molar-refractivity contribution in [2.24, 2.45) is 5.41 Å². The van der Waals surface area contributed by atoms with Gasteiger partial charge in [-0.05, 0) is 43.2 Å². The fourth-order valence-corrected chi connectivity index (χ4v) is 4.98. The Balaban J connectivity index is 2.34. The third-order valence-corrected chi connectivity index (χ3v) is 6.55. The van der Waals surface area contributed by atoms with Gasteiger partial charge < -0.3 is 4.74 Å². The van der Waals surface area contributed by atoms with Gasteiger partial charge in [-0.3, -0.25) is 0 Å². The van der Waals surface area contributed by atoms with Crippen LogP contribution < -0.4 is 4.74 Å². The molecule has 0 spiro atoms. The highest BCUT2D eigenvalue weighted by molar-refractivity contribution is 9.09. The van der Waals surface area contributed by atoms with E-state index in [0.717, 1.165) is 17.0 Å². The molecule has 0 heterocycles. The first-order valence-electron chi connectivity index (χ1n) is 7.30. The highest BCUT2D eigenvalue weighted by atomic mass is 79.9. The van der Waals surface area contributed by atoms with Gasteiger partial charge in [-0.1, -0.05) is 58.9 Å². The lowest BCUT2D eigenvalue weighted by molar-refractivity contribution is 0.279. The Bertz CT molecular complexity index is 470. The van der Waals surface area contributed by atoms with E-state index in [2.05, 4.69) is 22.9 Å². The van der Waals surface area contributed by atoms with Gasteiger partial charge in [-0.2, -0.15) is 0 Å². The maximum Gasteiger partial charge on any atom is 0.139 e. The van der Waals surface area contributed by atoms with Gasteiger partial charge in [0.05, 0.1) is 11.6 Å². The van der Waals surface area contributed by atoms with Crippen molar-refractivity contribution in [2.75, 3.05) is 6.61 Å². The molecular formula is C16H21BrCl2O. The molecule has 1 unspecified atom stereocenters. The number of ether oxygens (including phenoxy) is 1. The van der Waals surface area contributed by atoms with Crippen molar-refractivity contribution in [2.45, 2.75) is 50.8 Å². The molecule has 1 atom stereocenters. The molecule has 1 fully saturated rings. The molecule has 1 nitrogen and oxygen atoms in total. The number of hydrogen-bond acceptors (Lipinski definition) is 1. The van der Waals surface area contributed by atoms with E-state index in [0.29, 0.717) is 22.8 Å². The lowest BCUT2D eigenvalue weighted by atomic mass is 9.77. The van der Waals surface area contributed by atoms with Crippen LogP contribution in [0.25, 0.3) is 0 Å². The van der Waals surface area contributed by atoms with Crippen LogP contribution in [0.4, 0.5) is 0 Å². The van der Waals surface area contributed by atoms with Crippen LogP contribution in [0, 0.1) is 5.41 Å². The van der Waals surface area contributed by atoms with Crippen LogP contribution in [0.3, 0.4) is 0 Å². The van der Waals surface area contributed by atoms with Crippen LogP contribution in [-0.2, 0) is 0 Å². The average Bonchev–Trinajstić information content (AvgIpc) is 2.92. The Hall–Kier alpha value is 0.0800. The highest BCUT2D eigenvalue weighted by Crippen LogP contribution is 2.55. The minimum absolute atomic E-state index is 0.253. The first-order chi connectivity index (χ1) is 9.54. The minimum Gasteiger partial charge on any atom is -0.492 e. The van der Waals surface area contributed by atoms with Crippen molar-refractivity contribution in [3.05, 3.63) is 27.7 Å². The second kappa shape index (κ2) is 6.89. The zero-order valence-corrected chi connectivity index (χ0v) is 15.1. The molecule has 1 aromatic carbocycles. The molecule has 1 aliphatic rings. The van der Waals surface area contributed by atoms with E-state index in [1.165, 1.54) is 25.7 Å². The fourth-order valence-electron chi connectivity index (χ4n) is 3.20. The van der Waals surface area contributed by atoms with Crippen LogP contribution in [0.2, 0.25) is 10.0 Å².